The largest absolute Gasteiger partial charge is 0.300 e. The van der Waals surface area contributed by atoms with E-state index in [1.165, 1.54) is 132 Å². The van der Waals surface area contributed by atoms with Gasteiger partial charge in [0.15, 0.2) is 11.6 Å². The van der Waals surface area contributed by atoms with Gasteiger partial charge in [0.1, 0.15) is 5.78 Å². The molecule has 1 aliphatic rings. The van der Waals surface area contributed by atoms with Gasteiger partial charge in [0, 0.05) is 72.5 Å². The topological polar surface area (TPSA) is 51.2 Å². The lowest BCUT2D eigenvalue weighted by molar-refractivity contribution is -0.128. The predicted molar refractivity (Wildman–Crippen MR) is 434 cm³/mol. The molecule has 0 aromatic carbocycles. The lowest BCUT2D eigenvalue weighted by Crippen LogP contribution is -2.47. The number of Topliss-reactive ketones (excluding diaryl/α,β-unsaturated/α-hetero) is 3. The molecule has 0 fully saturated rings. The van der Waals surface area contributed by atoms with Crippen molar-refractivity contribution in [2.75, 3.05) is 0 Å². The second-order valence-corrected chi connectivity index (χ2v) is 22.9. The number of hydrogen-bond acceptors (Lipinski definition) is 3. The van der Waals surface area contributed by atoms with Gasteiger partial charge >= 0.3 is 0 Å². The van der Waals surface area contributed by atoms with Crippen LogP contribution in [0.1, 0.15) is 295 Å². The molecule has 0 aromatic rings. The number of carbonyl (C=O) groups excluding carboxylic acids is 3. The van der Waals surface area contributed by atoms with Crippen molar-refractivity contribution in [2.24, 2.45) is 17.3 Å². The number of hydrogen-bond donors (Lipinski definition) is 0. The standard InChI is InChI=1S/C27H50O.C27H4.C18H34O.C18H2.C9H18O/c1-7-13-16-21-27(20-11-5)24(18-14-8-2)23(17-10-4)22(12-6)26(28)25(27)19-15-9-3;1-3-5-7-9-11-13-15-17-19-21-23-25-27-26-24-22-20-18-16-14-12-10-8-6-4-2;1-5-9-11-14-16(12-7-3)17(15-10-6-2)18(19)13-8-4;1-3-5-7-9-11-13-15-17-18-16-14-12-10-8-6-4-2;1-3-5-6-8-9(10)7-4-2/h24-25H,7-21H2,1-6H3;1H,2H3;5-15H2,1-4H3;1-2H;3-8H2,1-2H3/b;;17-16+;;. The SMILES string of the molecule is C#CC#CC#CC#CC#CC#CC#CC#CC#C.C#CC#CC#CC#CC#CC#CC#CC#CC#CC#CC#CC#CC#CC.CCCCC/C(CCC)=C(\CCCC)C(=O)CCC.CCCCCC(=O)CCC.CCCCCC1(CCC)C(CCCC)C(=O)C(CC)=C(CCC)C1CCCC. The predicted octanol–water partition coefficient (Wildman–Crippen LogP) is 19.2. The molecule has 3 nitrogen and oxygen atoms in total. The molecular weight excluding hydrogens is 1240 g/mol. The molecule has 0 radical (unpaired) electrons. The molecule has 0 aliphatic heterocycles. The minimum absolute atomic E-state index is 0.231. The maximum atomic E-state index is 13.8. The monoisotopic (exact) mass is 1340 g/mol. The second-order valence-electron chi connectivity index (χ2n) is 22.9. The van der Waals surface area contributed by atoms with Crippen LogP contribution in [0.4, 0.5) is 0 Å². The van der Waals surface area contributed by atoms with Gasteiger partial charge in [-0.3, -0.25) is 14.4 Å². The van der Waals surface area contributed by atoms with Crippen LogP contribution in [-0.2, 0) is 14.4 Å². The van der Waals surface area contributed by atoms with Gasteiger partial charge in [0.2, 0.25) is 0 Å². The molecule has 0 saturated carbocycles. The van der Waals surface area contributed by atoms with Crippen molar-refractivity contribution >= 4 is 17.3 Å². The van der Waals surface area contributed by atoms with Crippen LogP contribution >= 0.6 is 0 Å². The summed E-state index contributed by atoms with van der Waals surface area (Å²) in [7, 11) is 0. The van der Waals surface area contributed by atoms with E-state index in [9.17, 15) is 14.4 Å². The molecule has 0 heterocycles. The molecule has 3 atom stereocenters. The molecule has 1 rings (SSSR count). The van der Waals surface area contributed by atoms with Gasteiger partial charge < -0.3 is 0 Å². The Labute approximate surface area is 625 Å². The molecule has 0 aromatic heterocycles. The summed E-state index contributed by atoms with van der Waals surface area (Å²) >= 11 is 0. The zero-order valence-corrected chi connectivity index (χ0v) is 64.2. The summed E-state index contributed by atoms with van der Waals surface area (Å²) in [5, 5.41) is 0. The highest BCUT2D eigenvalue weighted by atomic mass is 16.1. The van der Waals surface area contributed by atoms with Crippen LogP contribution in [0.25, 0.3) is 0 Å². The van der Waals surface area contributed by atoms with Crippen molar-refractivity contribution in [2.45, 2.75) is 295 Å². The summed E-state index contributed by atoms with van der Waals surface area (Å²) in [6.45, 7) is 28.4. The molecule has 3 heteroatoms. The average Bonchev–Trinajstić information content (AvgIpc) is 0.739. The lowest BCUT2D eigenvalue weighted by atomic mass is 9.51. The molecule has 0 spiro atoms. The maximum Gasteiger partial charge on any atom is 0.162 e. The number of allylic oxidation sites excluding steroid dienone is 4. The Bertz CT molecular complexity index is 4040. The lowest BCUT2D eigenvalue weighted by Gasteiger charge is -2.52. The fraction of sp³-hybridized carbons (Fsp3) is 0.485. The van der Waals surface area contributed by atoms with Crippen LogP contribution in [0.5, 0.6) is 0 Å². The first-order valence-electron chi connectivity index (χ1n) is 36.7. The van der Waals surface area contributed by atoms with E-state index in [0.717, 1.165) is 89.9 Å². The van der Waals surface area contributed by atoms with Crippen LogP contribution < -0.4 is 0 Å². The normalized spacial score (nSPS) is 12.0. The molecular formula is C99H108O3. The molecule has 0 bridgehead atoms. The van der Waals surface area contributed by atoms with Crippen LogP contribution in [0, 0.1) is 279 Å². The van der Waals surface area contributed by atoms with Gasteiger partial charge in [-0.25, -0.2) is 0 Å². The highest BCUT2D eigenvalue weighted by Gasteiger charge is 2.51. The highest BCUT2D eigenvalue weighted by molar-refractivity contribution is 5.99. The molecule has 522 valence electrons. The summed E-state index contributed by atoms with van der Waals surface area (Å²) in [5.41, 5.74) is 5.73. The summed E-state index contributed by atoms with van der Waals surface area (Å²) in [5.74, 6) is 102. The summed E-state index contributed by atoms with van der Waals surface area (Å²) < 4.78 is 0. The van der Waals surface area contributed by atoms with Gasteiger partial charge in [-0.2, -0.15) is 0 Å². The second kappa shape index (κ2) is 78.8. The van der Waals surface area contributed by atoms with E-state index in [4.69, 9.17) is 19.3 Å². The van der Waals surface area contributed by atoms with Gasteiger partial charge in [-0.15, -0.1) is 19.3 Å². The van der Waals surface area contributed by atoms with Crippen LogP contribution in [0.15, 0.2) is 22.3 Å². The highest BCUT2D eigenvalue weighted by Crippen LogP contribution is 2.57. The van der Waals surface area contributed by atoms with Crippen LogP contribution in [0.3, 0.4) is 0 Å². The molecule has 0 N–H and O–H groups in total. The number of ketones is 3. The van der Waals surface area contributed by atoms with Crippen molar-refractivity contribution in [1.29, 1.82) is 0 Å². The van der Waals surface area contributed by atoms with Gasteiger partial charge in [0.25, 0.3) is 0 Å². The number of terminal acetylenes is 3. The smallest absolute Gasteiger partial charge is 0.162 e. The number of carbonyl (C=O) groups is 3. The molecule has 0 saturated heterocycles. The third-order valence-electron chi connectivity index (χ3n) is 15.1. The Morgan fingerprint density at radius 3 is 0.990 bits per heavy atom. The molecule has 3 unspecified atom stereocenters. The van der Waals surface area contributed by atoms with E-state index in [1.807, 2.05) is 0 Å². The van der Waals surface area contributed by atoms with E-state index < -0.39 is 0 Å². The third-order valence-corrected chi connectivity index (χ3v) is 15.1. The molecule has 1 aliphatic carbocycles. The third kappa shape index (κ3) is 56.8. The maximum absolute atomic E-state index is 13.8. The van der Waals surface area contributed by atoms with E-state index in [1.54, 1.807) is 12.5 Å². The summed E-state index contributed by atoms with van der Waals surface area (Å²) in [6.07, 6.45) is 51.3. The van der Waals surface area contributed by atoms with Gasteiger partial charge in [-0.1, -0.05) is 196 Å². The van der Waals surface area contributed by atoms with E-state index in [-0.39, 0.29) is 11.3 Å². The Balaban J connectivity index is -0.000000609. The van der Waals surface area contributed by atoms with Crippen molar-refractivity contribution in [3.05, 3.63) is 22.3 Å². The quantitative estimate of drug-likeness (QED) is 0.0374. The fourth-order valence-corrected chi connectivity index (χ4v) is 10.9. The van der Waals surface area contributed by atoms with E-state index in [0.29, 0.717) is 23.3 Å². The fourth-order valence-electron chi connectivity index (χ4n) is 10.9. The zero-order chi connectivity index (χ0) is 76.3. The van der Waals surface area contributed by atoms with Gasteiger partial charge in [-0.05, 0) is 309 Å². The average molecular weight is 1350 g/mol. The zero-order valence-electron chi connectivity index (χ0n) is 64.2. The van der Waals surface area contributed by atoms with E-state index >= 15 is 0 Å². The van der Waals surface area contributed by atoms with Crippen molar-refractivity contribution in [3.8, 4) is 262 Å². The van der Waals surface area contributed by atoms with E-state index in [2.05, 4.69) is 326 Å². The van der Waals surface area contributed by atoms with Crippen molar-refractivity contribution < 1.29 is 14.4 Å². The van der Waals surface area contributed by atoms with Crippen LogP contribution in [-0.4, -0.2) is 17.3 Å². The minimum Gasteiger partial charge on any atom is -0.300 e. The first-order valence-corrected chi connectivity index (χ1v) is 36.7. The Morgan fingerprint density at radius 2 is 0.667 bits per heavy atom. The van der Waals surface area contributed by atoms with Crippen molar-refractivity contribution in [1.82, 2.24) is 0 Å². The Kier molecular flexibility index (Phi) is 75.1. The Morgan fingerprint density at radius 1 is 0.324 bits per heavy atom. The van der Waals surface area contributed by atoms with Crippen molar-refractivity contribution in [3.63, 3.8) is 0 Å². The summed E-state index contributed by atoms with van der Waals surface area (Å²) in [4.78, 5) is 37.1. The molecule has 0 amide bonds. The summed E-state index contributed by atoms with van der Waals surface area (Å²) in [6, 6.07) is 0. The Hall–Kier alpha value is -11.2. The number of unbranched alkanes of at least 4 members (excludes halogenated alkanes) is 9. The minimum atomic E-state index is 0.231. The number of rotatable bonds is 33. The molecule has 102 heavy (non-hydrogen) atoms. The van der Waals surface area contributed by atoms with Crippen LogP contribution in [0.2, 0.25) is 0 Å². The first kappa shape index (κ1) is 97.2. The first-order chi connectivity index (χ1) is 49.9. The van der Waals surface area contributed by atoms with Gasteiger partial charge in [0.05, 0.1) is 0 Å².